The lowest BCUT2D eigenvalue weighted by Crippen LogP contribution is -2.48. The van der Waals surface area contributed by atoms with Crippen LogP contribution in [0.3, 0.4) is 0 Å². The summed E-state index contributed by atoms with van der Waals surface area (Å²) < 4.78 is 21.8. The van der Waals surface area contributed by atoms with E-state index in [1.807, 2.05) is 0 Å². The second-order valence-electron chi connectivity index (χ2n) is 5.31. The van der Waals surface area contributed by atoms with Gasteiger partial charge in [-0.15, -0.1) is 0 Å². The van der Waals surface area contributed by atoms with Crippen LogP contribution in [0, 0.1) is 11.3 Å². The number of rotatable bonds is 2. The molecule has 0 bridgehead atoms. The Kier molecular flexibility index (Phi) is 3.07. The Morgan fingerprint density at radius 3 is 2.91 bits per heavy atom. The quantitative estimate of drug-likeness (QED) is 0.682. The molecule has 2 aromatic rings. The normalized spacial score (nSPS) is 34.9. The molecule has 4 unspecified atom stereocenters. The van der Waals surface area contributed by atoms with Crippen molar-refractivity contribution < 1.29 is 19.3 Å². The van der Waals surface area contributed by atoms with Crippen LogP contribution in [0.2, 0.25) is 0 Å². The number of aromatic nitrogens is 3. The van der Waals surface area contributed by atoms with Gasteiger partial charge in [-0.3, -0.25) is 0 Å². The van der Waals surface area contributed by atoms with Crippen molar-refractivity contribution in [1.82, 2.24) is 14.6 Å². The van der Waals surface area contributed by atoms with Crippen LogP contribution < -0.4 is 5.73 Å². The lowest BCUT2D eigenvalue weighted by atomic mass is 9.82. The Hall–Kier alpha value is -2.28. The monoisotopic (exact) mass is 307 g/mol. The topological polar surface area (TPSA) is 130 Å². The Morgan fingerprint density at radius 1 is 1.59 bits per heavy atom. The Balaban J connectivity index is 2.27. The van der Waals surface area contributed by atoms with Crippen LogP contribution in [-0.2, 0) is 10.3 Å². The third kappa shape index (κ3) is 1.60. The Bertz CT molecular complexity index is 771. The summed E-state index contributed by atoms with van der Waals surface area (Å²) in [5.41, 5.74) is 1.59. The van der Waals surface area contributed by atoms with Gasteiger partial charge in [-0.2, -0.15) is 10.4 Å². The maximum absolute atomic E-state index is 15.2. The van der Waals surface area contributed by atoms with Crippen LogP contribution in [0.1, 0.15) is 12.6 Å². The predicted molar refractivity (Wildman–Crippen MR) is 72.2 cm³/mol. The first-order valence-electron chi connectivity index (χ1n) is 6.54. The number of halogens is 1. The smallest absolute Gasteiger partial charge is 0.233 e. The molecule has 116 valence electrons. The number of ether oxygens (including phenoxy) is 1. The van der Waals surface area contributed by atoms with Crippen LogP contribution in [0.5, 0.6) is 0 Å². The summed E-state index contributed by atoms with van der Waals surface area (Å²) >= 11 is 0. The minimum Gasteiger partial charge on any atom is -0.394 e. The molecule has 4 atom stereocenters. The molecule has 8 nitrogen and oxygen atoms in total. The third-order valence-corrected chi connectivity index (χ3v) is 4.10. The number of hydrogen-bond donors (Lipinski definition) is 3. The molecule has 0 aromatic carbocycles. The minimum absolute atomic E-state index is 0.0686. The molecule has 9 heteroatoms. The van der Waals surface area contributed by atoms with E-state index in [2.05, 4.69) is 10.1 Å². The van der Waals surface area contributed by atoms with Gasteiger partial charge in [0, 0.05) is 0 Å². The molecule has 1 saturated heterocycles. The molecule has 22 heavy (non-hydrogen) atoms. The summed E-state index contributed by atoms with van der Waals surface area (Å²) in [6.07, 6.45) is -1.72. The number of anilines is 1. The van der Waals surface area contributed by atoms with Gasteiger partial charge in [0.15, 0.2) is 11.5 Å². The second-order valence-corrected chi connectivity index (χ2v) is 5.31. The van der Waals surface area contributed by atoms with Crippen molar-refractivity contribution in [2.24, 2.45) is 0 Å². The molecule has 0 spiro atoms. The molecule has 1 aliphatic rings. The van der Waals surface area contributed by atoms with Crippen LogP contribution in [0.15, 0.2) is 18.5 Å². The van der Waals surface area contributed by atoms with Crippen LogP contribution in [0.4, 0.5) is 10.2 Å². The molecular weight excluding hydrogens is 293 g/mol. The lowest BCUT2D eigenvalue weighted by Gasteiger charge is -2.30. The van der Waals surface area contributed by atoms with Gasteiger partial charge in [0.2, 0.25) is 5.60 Å². The number of aliphatic hydroxyl groups excluding tert-OH is 2. The highest BCUT2D eigenvalue weighted by molar-refractivity contribution is 5.66. The van der Waals surface area contributed by atoms with Crippen LogP contribution in [0.25, 0.3) is 5.52 Å². The molecule has 1 aliphatic heterocycles. The van der Waals surface area contributed by atoms with E-state index < -0.39 is 30.1 Å². The van der Waals surface area contributed by atoms with Gasteiger partial charge in [0.1, 0.15) is 30.1 Å². The van der Waals surface area contributed by atoms with Crippen molar-refractivity contribution in [2.75, 3.05) is 12.3 Å². The van der Waals surface area contributed by atoms with E-state index in [1.54, 1.807) is 6.07 Å². The van der Waals surface area contributed by atoms with Gasteiger partial charge in [0.25, 0.3) is 0 Å². The third-order valence-electron chi connectivity index (χ3n) is 4.10. The fourth-order valence-corrected chi connectivity index (χ4v) is 2.82. The molecule has 0 amide bonds. The average Bonchev–Trinajstić information content (AvgIpc) is 3.01. The molecule has 1 fully saturated rings. The molecule has 4 N–H and O–H groups in total. The molecule has 3 heterocycles. The second kappa shape index (κ2) is 4.61. The van der Waals surface area contributed by atoms with E-state index in [0.29, 0.717) is 5.52 Å². The van der Waals surface area contributed by atoms with Crippen molar-refractivity contribution in [3.8, 4) is 6.07 Å². The van der Waals surface area contributed by atoms with Gasteiger partial charge in [-0.1, -0.05) is 0 Å². The molecule has 0 aliphatic carbocycles. The van der Waals surface area contributed by atoms with Crippen molar-refractivity contribution in [3.05, 3.63) is 24.2 Å². The largest absolute Gasteiger partial charge is 0.394 e. The van der Waals surface area contributed by atoms with Gasteiger partial charge >= 0.3 is 0 Å². The minimum atomic E-state index is -2.46. The zero-order valence-electron chi connectivity index (χ0n) is 11.6. The fraction of sp³-hybridized carbons (Fsp3) is 0.462. The first kappa shape index (κ1) is 14.6. The number of nitrogen functional groups attached to an aromatic ring is 1. The number of nitriles is 1. The first-order valence-corrected chi connectivity index (χ1v) is 6.54. The first-order chi connectivity index (χ1) is 10.4. The number of nitrogens with two attached hydrogens (primary N) is 1. The van der Waals surface area contributed by atoms with Gasteiger partial charge in [0.05, 0.1) is 12.3 Å². The van der Waals surface area contributed by atoms with E-state index >= 15 is 4.39 Å². The highest BCUT2D eigenvalue weighted by atomic mass is 19.1. The van der Waals surface area contributed by atoms with Crippen molar-refractivity contribution >= 4 is 11.3 Å². The summed E-state index contributed by atoms with van der Waals surface area (Å²) in [5, 5.41) is 32.8. The summed E-state index contributed by atoms with van der Waals surface area (Å²) in [6.45, 7) is 0.436. The van der Waals surface area contributed by atoms with E-state index in [9.17, 15) is 15.5 Å². The number of fused-ring (bicyclic) bond motifs is 1. The van der Waals surface area contributed by atoms with Crippen LogP contribution in [-0.4, -0.2) is 49.3 Å². The van der Waals surface area contributed by atoms with E-state index in [0.717, 1.165) is 6.92 Å². The molecule has 0 radical (unpaired) electrons. The maximum Gasteiger partial charge on any atom is 0.233 e. The van der Waals surface area contributed by atoms with Gasteiger partial charge in [-0.05, 0) is 19.1 Å². The van der Waals surface area contributed by atoms with Crippen molar-refractivity contribution in [2.45, 2.75) is 30.4 Å². The molecular formula is C13H14FN5O3. The summed E-state index contributed by atoms with van der Waals surface area (Å²) in [7, 11) is 0. The molecule has 0 saturated carbocycles. The number of alkyl halides is 1. The summed E-state index contributed by atoms with van der Waals surface area (Å²) in [5.74, 6) is 0.159. The summed E-state index contributed by atoms with van der Waals surface area (Å²) in [6, 6.07) is 4.75. The fourth-order valence-electron chi connectivity index (χ4n) is 2.82. The lowest BCUT2D eigenvalue weighted by molar-refractivity contribution is -0.0718. The van der Waals surface area contributed by atoms with Gasteiger partial charge < -0.3 is 20.7 Å². The molecule has 2 aromatic heterocycles. The van der Waals surface area contributed by atoms with Crippen molar-refractivity contribution in [3.63, 3.8) is 0 Å². The standard InChI is InChI=1S/C13H14FN5O3/c1-12(14)10(21)8(4-20)22-13(12,5-15)9-3-2-7-11(16)17-6-18-19(7)9/h2-3,6,8,10,20-21H,4H2,1H3,(H2,16,17,18). The van der Waals surface area contributed by atoms with E-state index in [4.69, 9.17) is 10.5 Å². The SMILES string of the molecule is CC1(F)C(O)C(CO)OC1(C#N)c1ccc2c(N)ncnn12. The molecule has 3 rings (SSSR count). The summed E-state index contributed by atoms with van der Waals surface area (Å²) in [4.78, 5) is 3.82. The van der Waals surface area contributed by atoms with Gasteiger partial charge in [-0.25, -0.2) is 13.9 Å². The average molecular weight is 307 g/mol. The maximum atomic E-state index is 15.2. The highest BCUT2D eigenvalue weighted by Gasteiger charge is 2.66. The number of nitrogens with zero attached hydrogens (tertiary/aromatic N) is 4. The van der Waals surface area contributed by atoms with E-state index in [-0.39, 0.29) is 11.5 Å². The van der Waals surface area contributed by atoms with Crippen LogP contribution >= 0.6 is 0 Å². The number of aliphatic hydroxyl groups is 2. The number of hydrogen-bond acceptors (Lipinski definition) is 7. The Labute approximate surface area is 124 Å². The Morgan fingerprint density at radius 2 is 2.32 bits per heavy atom. The van der Waals surface area contributed by atoms with E-state index in [1.165, 1.54) is 23.0 Å². The van der Waals surface area contributed by atoms with Crippen molar-refractivity contribution in [1.29, 1.82) is 5.26 Å². The zero-order valence-corrected chi connectivity index (χ0v) is 11.6. The highest BCUT2D eigenvalue weighted by Crippen LogP contribution is 2.49. The predicted octanol–water partition coefficient (Wildman–Crippen LogP) is -0.489. The zero-order chi connectivity index (χ0) is 16.1.